The van der Waals surface area contributed by atoms with Gasteiger partial charge in [-0.05, 0) is 37.0 Å². The van der Waals surface area contributed by atoms with Crippen LogP contribution in [-0.2, 0) is 4.79 Å². The van der Waals surface area contributed by atoms with Crippen molar-refractivity contribution in [2.75, 3.05) is 19.6 Å². The van der Waals surface area contributed by atoms with Crippen LogP contribution in [0.2, 0.25) is 0 Å². The molecule has 2 rings (SSSR count). The Hall–Kier alpha value is -1.56. The molecular weight excluding hydrogens is 291 g/mol. The largest absolute Gasteiger partial charge is 0.356 e. The van der Waals surface area contributed by atoms with Crippen LogP contribution in [0.25, 0.3) is 0 Å². The van der Waals surface area contributed by atoms with E-state index < -0.39 is 5.82 Å². The minimum atomic E-state index is -0.427. The summed E-state index contributed by atoms with van der Waals surface area (Å²) in [5.41, 5.74) is 0.460. The third-order valence-corrected chi connectivity index (χ3v) is 4.08. The zero-order valence-electron chi connectivity index (χ0n) is 11.9. The lowest BCUT2D eigenvalue weighted by molar-refractivity contribution is -0.119. The number of benzene rings is 1. The van der Waals surface area contributed by atoms with E-state index in [-0.39, 0.29) is 16.7 Å². The molecule has 0 atom stereocenters. The minimum absolute atomic E-state index is 0.0267. The Labute approximate surface area is 129 Å². The standard InChI is InChI=1S/C15H19FN2O2S/c1-10(19)17-9-11-4-6-18(7-5-11)15(20)12-2-3-13(16)14(21)8-12/h2-3,8,11,21H,4-7,9H2,1H3,(H,17,19). The van der Waals surface area contributed by atoms with Gasteiger partial charge in [0.1, 0.15) is 5.82 Å². The molecule has 0 bridgehead atoms. The molecule has 2 amide bonds. The van der Waals surface area contributed by atoms with E-state index in [1.807, 2.05) is 0 Å². The quantitative estimate of drug-likeness (QED) is 0.840. The van der Waals surface area contributed by atoms with Crippen molar-refractivity contribution in [1.82, 2.24) is 10.2 Å². The highest BCUT2D eigenvalue weighted by molar-refractivity contribution is 7.80. The van der Waals surface area contributed by atoms with Gasteiger partial charge in [0.2, 0.25) is 5.91 Å². The molecule has 1 aromatic rings. The average Bonchev–Trinajstić information content (AvgIpc) is 2.48. The predicted molar refractivity (Wildman–Crippen MR) is 81.0 cm³/mol. The molecule has 4 nitrogen and oxygen atoms in total. The lowest BCUT2D eigenvalue weighted by Gasteiger charge is -2.32. The normalized spacial score (nSPS) is 15.9. The van der Waals surface area contributed by atoms with Crippen LogP contribution in [0.1, 0.15) is 30.1 Å². The number of thiol groups is 1. The number of hydrogen-bond acceptors (Lipinski definition) is 3. The van der Waals surface area contributed by atoms with Gasteiger partial charge in [0, 0.05) is 37.0 Å². The third-order valence-electron chi connectivity index (χ3n) is 3.73. The number of carbonyl (C=O) groups is 2. The molecule has 1 fully saturated rings. The second-order valence-corrected chi connectivity index (χ2v) is 5.82. The van der Waals surface area contributed by atoms with E-state index in [2.05, 4.69) is 17.9 Å². The predicted octanol–water partition coefficient (Wildman–Crippen LogP) is 2.10. The fraction of sp³-hybridized carbons (Fsp3) is 0.467. The summed E-state index contributed by atoms with van der Waals surface area (Å²) >= 11 is 4.00. The molecule has 1 aromatic carbocycles. The summed E-state index contributed by atoms with van der Waals surface area (Å²) in [6.45, 7) is 3.47. The maximum absolute atomic E-state index is 13.2. The van der Waals surface area contributed by atoms with Crippen LogP contribution in [0.5, 0.6) is 0 Å². The van der Waals surface area contributed by atoms with Crippen molar-refractivity contribution >= 4 is 24.4 Å². The SMILES string of the molecule is CC(=O)NCC1CCN(C(=O)c2ccc(F)c(S)c2)CC1. The fourth-order valence-corrected chi connectivity index (χ4v) is 2.67. The Bertz CT molecular complexity index is 542. The number of piperidine rings is 1. The number of carbonyl (C=O) groups excluding carboxylic acids is 2. The van der Waals surface area contributed by atoms with Crippen molar-refractivity contribution in [3.8, 4) is 0 Å². The number of nitrogens with one attached hydrogen (secondary N) is 1. The Morgan fingerprint density at radius 1 is 1.38 bits per heavy atom. The molecule has 1 saturated heterocycles. The number of nitrogens with zero attached hydrogens (tertiary/aromatic N) is 1. The number of likely N-dealkylation sites (tertiary alicyclic amines) is 1. The minimum Gasteiger partial charge on any atom is -0.356 e. The molecule has 1 aliphatic rings. The molecule has 0 spiro atoms. The van der Waals surface area contributed by atoms with E-state index in [1.165, 1.54) is 25.1 Å². The molecule has 1 N–H and O–H groups in total. The number of hydrogen-bond donors (Lipinski definition) is 2. The summed E-state index contributed by atoms with van der Waals surface area (Å²) in [4.78, 5) is 25.2. The first-order valence-corrected chi connectivity index (χ1v) is 7.44. The van der Waals surface area contributed by atoms with Crippen molar-refractivity contribution in [3.05, 3.63) is 29.6 Å². The summed E-state index contributed by atoms with van der Waals surface area (Å²) in [7, 11) is 0. The summed E-state index contributed by atoms with van der Waals surface area (Å²) in [5.74, 6) is -0.139. The topological polar surface area (TPSA) is 49.4 Å². The van der Waals surface area contributed by atoms with Gasteiger partial charge >= 0.3 is 0 Å². The lowest BCUT2D eigenvalue weighted by Crippen LogP contribution is -2.41. The maximum atomic E-state index is 13.2. The van der Waals surface area contributed by atoms with Gasteiger partial charge < -0.3 is 10.2 Å². The molecule has 0 saturated carbocycles. The van der Waals surface area contributed by atoms with Gasteiger partial charge in [-0.15, -0.1) is 12.6 Å². The highest BCUT2D eigenvalue weighted by atomic mass is 32.1. The van der Waals surface area contributed by atoms with Gasteiger partial charge in [0.25, 0.3) is 5.91 Å². The van der Waals surface area contributed by atoms with E-state index in [0.717, 1.165) is 12.8 Å². The third kappa shape index (κ3) is 4.20. The number of halogens is 1. The first-order chi connectivity index (χ1) is 9.97. The Balaban J connectivity index is 1.90. The number of amides is 2. The van der Waals surface area contributed by atoms with Gasteiger partial charge in [-0.1, -0.05) is 0 Å². The van der Waals surface area contributed by atoms with Crippen LogP contribution in [0.15, 0.2) is 23.1 Å². The molecule has 114 valence electrons. The van der Waals surface area contributed by atoms with E-state index in [9.17, 15) is 14.0 Å². The summed E-state index contributed by atoms with van der Waals surface area (Å²) in [6, 6.07) is 4.21. The van der Waals surface area contributed by atoms with Crippen molar-refractivity contribution in [3.63, 3.8) is 0 Å². The van der Waals surface area contributed by atoms with Crippen molar-refractivity contribution in [1.29, 1.82) is 0 Å². The van der Waals surface area contributed by atoms with E-state index in [4.69, 9.17) is 0 Å². The van der Waals surface area contributed by atoms with Gasteiger partial charge in [-0.3, -0.25) is 9.59 Å². The fourth-order valence-electron chi connectivity index (χ4n) is 2.46. The van der Waals surface area contributed by atoms with Crippen molar-refractivity contribution in [2.24, 2.45) is 5.92 Å². The Kier molecular flexibility index (Phi) is 5.22. The van der Waals surface area contributed by atoms with E-state index in [0.29, 0.717) is 31.1 Å². The summed E-state index contributed by atoms with van der Waals surface area (Å²) < 4.78 is 13.2. The van der Waals surface area contributed by atoms with E-state index in [1.54, 1.807) is 4.90 Å². The highest BCUT2D eigenvalue weighted by Crippen LogP contribution is 2.20. The Morgan fingerprint density at radius 2 is 2.05 bits per heavy atom. The molecule has 0 aliphatic carbocycles. The summed E-state index contributed by atoms with van der Waals surface area (Å²) in [5, 5.41) is 2.81. The molecule has 21 heavy (non-hydrogen) atoms. The first kappa shape index (κ1) is 15.8. The summed E-state index contributed by atoms with van der Waals surface area (Å²) in [6.07, 6.45) is 1.72. The molecule has 0 radical (unpaired) electrons. The molecule has 0 aromatic heterocycles. The van der Waals surface area contributed by atoms with Gasteiger partial charge in [0.05, 0.1) is 0 Å². The second-order valence-electron chi connectivity index (χ2n) is 5.34. The molecular formula is C15H19FN2O2S. The van der Waals surface area contributed by atoms with Crippen LogP contribution in [-0.4, -0.2) is 36.3 Å². The lowest BCUT2D eigenvalue weighted by atomic mass is 9.96. The van der Waals surface area contributed by atoms with Gasteiger partial charge in [-0.2, -0.15) is 0 Å². The zero-order chi connectivity index (χ0) is 15.4. The molecule has 1 aliphatic heterocycles. The molecule has 1 heterocycles. The smallest absolute Gasteiger partial charge is 0.253 e. The Morgan fingerprint density at radius 3 is 2.62 bits per heavy atom. The van der Waals surface area contributed by atoms with Crippen LogP contribution >= 0.6 is 12.6 Å². The van der Waals surface area contributed by atoms with Gasteiger partial charge in [-0.25, -0.2) is 4.39 Å². The van der Waals surface area contributed by atoms with Gasteiger partial charge in [0.15, 0.2) is 0 Å². The van der Waals surface area contributed by atoms with Crippen LogP contribution in [0, 0.1) is 11.7 Å². The van der Waals surface area contributed by atoms with Crippen LogP contribution in [0.4, 0.5) is 4.39 Å². The second kappa shape index (κ2) is 6.93. The number of rotatable bonds is 3. The van der Waals surface area contributed by atoms with Crippen LogP contribution < -0.4 is 5.32 Å². The first-order valence-electron chi connectivity index (χ1n) is 6.99. The monoisotopic (exact) mass is 310 g/mol. The molecule has 0 unspecified atom stereocenters. The van der Waals surface area contributed by atoms with Crippen LogP contribution in [0.3, 0.4) is 0 Å². The average molecular weight is 310 g/mol. The van der Waals surface area contributed by atoms with Crippen molar-refractivity contribution in [2.45, 2.75) is 24.7 Å². The van der Waals surface area contributed by atoms with Crippen molar-refractivity contribution < 1.29 is 14.0 Å². The van der Waals surface area contributed by atoms with E-state index >= 15 is 0 Å². The highest BCUT2D eigenvalue weighted by Gasteiger charge is 2.24. The molecule has 6 heteroatoms. The maximum Gasteiger partial charge on any atom is 0.253 e. The zero-order valence-corrected chi connectivity index (χ0v) is 12.8.